The highest BCUT2D eigenvalue weighted by molar-refractivity contribution is 6.30. The number of piperazine rings is 1. The molecule has 170 valence electrons. The molecule has 1 aliphatic heterocycles. The van der Waals surface area contributed by atoms with Gasteiger partial charge >= 0.3 is 0 Å². The van der Waals surface area contributed by atoms with Gasteiger partial charge in [0.1, 0.15) is 17.7 Å². The van der Waals surface area contributed by atoms with Crippen LogP contribution in [0.2, 0.25) is 5.02 Å². The van der Waals surface area contributed by atoms with Crippen molar-refractivity contribution in [2.45, 2.75) is 20.4 Å². The summed E-state index contributed by atoms with van der Waals surface area (Å²) in [5, 5.41) is 13.4. The summed E-state index contributed by atoms with van der Waals surface area (Å²) in [5.41, 5.74) is 3.51. The van der Waals surface area contributed by atoms with Gasteiger partial charge in [0, 0.05) is 44.6 Å². The lowest BCUT2D eigenvalue weighted by atomic mass is 10.2. The molecule has 3 heterocycles. The molecule has 1 aliphatic rings. The fourth-order valence-corrected chi connectivity index (χ4v) is 4.27. The van der Waals surface area contributed by atoms with Crippen molar-refractivity contribution in [2.24, 2.45) is 0 Å². The van der Waals surface area contributed by atoms with Crippen LogP contribution in [0.15, 0.2) is 48.7 Å². The van der Waals surface area contributed by atoms with E-state index in [0.29, 0.717) is 22.9 Å². The number of rotatable bonds is 6. The van der Waals surface area contributed by atoms with E-state index in [9.17, 15) is 10.1 Å². The van der Waals surface area contributed by atoms with Gasteiger partial charge in [-0.25, -0.2) is 4.98 Å². The largest absolute Gasteiger partial charge is 0.354 e. The van der Waals surface area contributed by atoms with Crippen molar-refractivity contribution < 1.29 is 4.79 Å². The van der Waals surface area contributed by atoms with Crippen molar-refractivity contribution in [1.29, 1.82) is 5.26 Å². The molecule has 7 nitrogen and oxygen atoms in total. The van der Waals surface area contributed by atoms with Crippen LogP contribution in [0.5, 0.6) is 0 Å². The summed E-state index contributed by atoms with van der Waals surface area (Å²) in [4.78, 5) is 21.6. The third-order valence-electron chi connectivity index (χ3n) is 6.16. The van der Waals surface area contributed by atoms with Crippen LogP contribution >= 0.6 is 11.6 Å². The van der Waals surface area contributed by atoms with Crippen LogP contribution in [-0.4, -0.2) is 53.1 Å². The minimum Gasteiger partial charge on any atom is -0.354 e. The van der Waals surface area contributed by atoms with Gasteiger partial charge in [-0.3, -0.25) is 9.69 Å². The number of nitrogens with one attached hydrogen (secondary N) is 1. The average molecular weight is 463 g/mol. The summed E-state index contributed by atoms with van der Waals surface area (Å²) >= 11 is 5.93. The average Bonchev–Trinajstić information content (AvgIpc) is 3.04. The maximum Gasteiger partial charge on any atom is 0.239 e. The quantitative estimate of drug-likeness (QED) is 0.602. The summed E-state index contributed by atoms with van der Waals surface area (Å²) in [7, 11) is 0. The second-order valence-corrected chi connectivity index (χ2v) is 8.70. The number of carbonyl (C=O) groups is 1. The molecule has 33 heavy (non-hydrogen) atoms. The number of aromatic nitrogens is 2. The minimum atomic E-state index is -0.114. The lowest BCUT2D eigenvalue weighted by molar-refractivity contribution is -0.117. The molecule has 2 aromatic heterocycles. The third-order valence-corrected chi connectivity index (χ3v) is 6.38. The Morgan fingerprint density at radius 1 is 1.12 bits per heavy atom. The number of halogens is 1. The second kappa shape index (κ2) is 10.1. The summed E-state index contributed by atoms with van der Waals surface area (Å²) in [6.45, 7) is 7.87. The summed E-state index contributed by atoms with van der Waals surface area (Å²) < 4.78 is 2.02. The molecule has 1 amide bonds. The van der Waals surface area contributed by atoms with Gasteiger partial charge in [-0.15, -0.1) is 0 Å². The number of pyridine rings is 1. The molecule has 1 N–H and O–H groups in total. The van der Waals surface area contributed by atoms with Crippen LogP contribution in [0, 0.1) is 25.2 Å². The Balaban J connectivity index is 1.42. The van der Waals surface area contributed by atoms with Gasteiger partial charge in [-0.1, -0.05) is 41.9 Å². The summed E-state index contributed by atoms with van der Waals surface area (Å²) in [5.74, 6) is 1.36. The Kier molecular flexibility index (Phi) is 6.97. The molecule has 4 rings (SSSR count). The zero-order valence-electron chi connectivity index (χ0n) is 18.9. The van der Waals surface area contributed by atoms with Crippen molar-refractivity contribution in [3.8, 4) is 6.07 Å². The third kappa shape index (κ3) is 5.19. The van der Waals surface area contributed by atoms with Gasteiger partial charge in [-0.05, 0) is 37.1 Å². The zero-order chi connectivity index (χ0) is 23.4. The number of hydrogen-bond donors (Lipinski definition) is 1. The molecule has 0 bridgehead atoms. The Morgan fingerprint density at radius 2 is 1.85 bits per heavy atom. The van der Waals surface area contributed by atoms with E-state index >= 15 is 0 Å². The number of anilines is 2. The van der Waals surface area contributed by atoms with Crippen LogP contribution in [0.4, 0.5) is 11.6 Å². The lowest BCUT2D eigenvalue weighted by Gasteiger charge is -2.35. The first-order chi connectivity index (χ1) is 16.0. The Labute approximate surface area is 199 Å². The number of nitrogens with zero attached hydrogens (tertiary/aromatic N) is 5. The topological polar surface area (TPSA) is 77.2 Å². The molecule has 0 unspecified atom stereocenters. The van der Waals surface area contributed by atoms with Gasteiger partial charge in [0.25, 0.3) is 0 Å². The van der Waals surface area contributed by atoms with E-state index in [1.54, 1.807) is 6.20 Å². The monoisotopic (exact) mass is 462 g/mol. The molecule has 1 saturated heterocycles. The fraction of sp³-hybridized carbons (Fsp3) is 0.320. The van der Waals surface area contributed by atoms with Gasteiger partial charge < -0.3 is 14.8 Å². The molecule has 8 heteroatoms. The Hall–Kier alpha value is -3.34. The van der Waals surface area contributed by atoms with E-state index in [4.69, 9.17) is 11.6 Å². The fourth-order valence-electron chi connectivity index (χ4n) is 4.16. The Bertz CT molecular complexity index is 1160. The highest BCUT2D eigenvalue weighted by Gasteiger charge is 2.23. The molecule has 0 atom stereocenters. The van der Waals surface area contributed by atoms with Gasteiger partial charge in [0.05, 0.1) is 17.1 Å². The van der Waals surface area contributed by atoms with Crippen molar-refractivity contribution in [2.75, 3.05) is 42.9 Å². The van der Waals surface area contributed by atoms with Gasteiger partial charge in [-0.2, -0.15) is 5.26 Å². The molecule has 0 spiro atoms. The Morgan fingerprint density at radius 3 is 2.48 bits per heavy atom. The number of nitriles is 1. The smallest absolute Gasteiger partial charge is 0.239 e. The first kappa shape index (κ1) is 22.8. The summed E-state index contributed by atoms with van der Waals surface area (Å²) in [6, 6.07) is 16.1. The van der Waals surface area contributed by atoms with Crippen molar-refractivity contribution in [3.05, 3.63) is 76.1 Å². The van der Waals surface area contributed by atoms with E-state index < -0.39 is 0 Å². The van der Waals surface area contributed by atoms with Crippen LogP contribution in [0.3, 0.4) is 0 Å². The van der Waals surface area contributed by atoms with E-state index in [1.807, 2.05) is 60.9 Å². The van der Waals surface area contributed by atoms with E-state index in [-0.39, 0.29) is 12.5 Å². The first-order valence-electron chi connectivity index (χ1n) is 11.0. The zero-order valence-corrected chi connectivity index (χ0v) is 19.6. The number of benzene rings is 1. The maximum absolute atomic E-state index is 12.9. The molecular formula is C25H27ClN6O. The number of hydrogen-bond acceptors (Lipinski definition) is 5. The molecule has 1 fully saturated rings. The van der Waals surface area contributed by atoms with Crippen LogP contribution in [0.1, 0.15) is 22.4 Å². The van der Waals surface area contributed by atoms with Gasteiger partial charge in [0.15, 0.2) is 0 Å². The van der Waals surface area contributed by atoms with Gasteiger partial charge in [0.2, 0.25) is 5.91 Å². The lowest BCUT2D eigenvalue weighted by Crippen LogP contribution is -2.49. The first-order valence-corrected chi connectivity index (χ1v) is 11.4. The standard InChI is InChI=1S/C25H27ClN6O/c1-18-19(2)32(16-20-6-4-3-5-7-20)25(22(18)14-27)29-24(33)17-30-10-12-31(13-11-30)23-9-8-21(26)15-28-23/h3-9,15H,10-13,16-17H2,1-2H3,(H,29,33). The van der Waals surface area contributed by atoms with Crippen LogP contribution in [-0.2, 0) is 11.3 Å². The van der Waals surface area contributed by atoms with Crippen molar-refractivity contribution in [3.63, 3.8) is 0 Å². The number of amides is 1. The molecule has 0 radical (unpaired) electrons. The highest BCUT2D eigenvalue weighted by Crippen LogP contribution is 2.27. The predicted molar refractivity (Wildman–Crippen MR) is 131 cm³/mol. The van der Waals surface area contributed by atoms with E-state index in [0.717, 1.165) is 48.8 Å². The van der Waals surface area contributed by atoms with Crippen molar-refractivity contribution in [1.82, 2.24) is 14.5 Å². The maximum atomic E-state index is 12.9. The normalized spacial score (nSPS) is 14.2. The second-order valence-electron chi connectivity index (χ2n) is 8.26. The molecule has 0 saturated carbocycles. The van der Waals surface area contributed by atoms with Crippen LogP contribution < -0.4 is 10.2 Å². The SMILES string of the molecule is Cc1c(C#N)c(NC(=O)CN2CCN(c3ccc(Cl)cn3)CC2)n(Cc2ccccc2)c1C. The minimum absolute atomic E-state index is 0.114. The van der Waals surface area contributed by atoms with Crippen LogP contribution in [0.25, 0.3) is 0 Å². The predicted octanol–water partition coefficient (Wildman–Crippen LogP) is 3.83. The molecule has 1 aromatic carbocycles. The molecule has 3 aromatic rings. The summed E-state index contributed by atoms with van der Waals surface area (Å²) in [6.07, 6.45) is 1.65. The number of carbonyl (C=O) groups excluding carboxylic acids is 1. The highest BCUT2D eigenvalue weighted by atomic mass is 35.5. The van der Waals surface area contributed by atoms with Crippen molar-refractivity contribution >= 4 is 29.1 Å². The molecule has 0 aliphatic carbocycles. The molecular weight excluding hydrogens is 436 g/mol. The van der Waals surface area contributed by atoms with E-state index in [2.05, 4.69) is 26.2 Å². The van der Waals surface area contributed by atoms with E-state index in [1.165, 1.54) is 0 Å².